The number of carbonyl (C=O) groups is 1. The van der Waals surface area contributed by atoms with Gasteiger partial charge in [0.1, 0.15) is 6.17 Å². The van der Waals surface area contributed by atoms with Crippen LogP contribution in [-0.4, -0.2) is 22.9 Å². The Hall–Kier alpha value is -0.870. The average Bonchev–Trinajstić information content (AvgIpc) is 2.90. The van der Waals surface area contributed by atoms with Crippen molar-refractivity contribution >= 4 is 17.2 Å². The number of hydrogen-bond acceptors (Lipinski definition) is 3. The first-order chi connectivity index (χ1) is 10.3. The Labute approximate surface area is 131 Å². The fourth-order valence-electron chi connectivity index (χ4n) is 3.56. The number of rotatable bonds is 7. The molecule has 116 valence electrons. The summed E-state index contributed by atoms with van der Waals surface area (Å²) in [5.41, 5.74) is 1.26. The molecule has 0 spiro atoms. The van der Waals surface area contributed by atoms with E-state index in [0.717, 1.165) is 25.2 Å². The highest BCUT2D eigenvalue weighted by Gasteiger charge is 2.51. The molecule has 2 heterocycles. The lowest BCUT2D eigenvalue weighted by Gasteiger charge is -2.24. The van der Waals surface area contributed by atoms with E-state index in [1.54, 1.807) is 11.3 Å². The van der Waals surface area contributed by atoms with Crippen LogP contribution in [0.3, 0.4) is 0 Å². The predicted octanol–water partition coefficient (Wildman–Crippen LogP) is 3.93. The summed E-state index contributed by atoms with van der Waals surface area (Å²) < 4.78 is 0. The molecule has 2 aliphatic rings. The molecule has 4 atom stereocenters. The third-order valence-electron chi connectivity index (χ3n) is 4.80. The van der Waals surface area contributed by atoms with E-state index in [-0.39, 0.29) is 12.2 Å². The number of hydrogen-bond donors (Lipinski definition) is 1. The van der Waals surface area contributed by atoms with Crippen LogP contribution in [0.15, 0.2) is 16.8 Å². The Kier molecular flexibility index (Phi) is 4.65. The Bertz CT molecular complexity index is 473. The first kappa shape index (κ1) is 15.0. The first-order valence-corrected chi connectivity index (χ1v) is 9.30. The summed E-state index contributed by atoms with van der Waals surface area (Å²) in [5, 5.41) is 7.88. The molecule has 3 nitrogen and oxygen atoms in total. The zero-order chi connectivity index (χ0) is 14.8. The molecule has 4 unspecified atom stereocenters. The lowest BCUT2D eigenvalue weighted by molar-refractivity contribution is -0.131. The molecule has 1 aromatic heterocycles. The Balaban J connectivity index is 1.75. The SMILES string of the molecule is CCCCC1NC(c2ccsc2)N(C2CC2CCC)C1=O. The van der Waals surface area contributed by atoms with E-state index >= 15 is 0 Å². The van der Waals surface area contributed by atoms with Crippen LogP contribution in [0.1, 0.15) is 64.1 Å². The number of unbranched alkanes of at least 4 members (excludes halogenated alkanes) is 1. The Morgan fingerprint density at radius 2 is 2.19 bits per heavy atom. The van der Waals surface area contributed by atoms with Crippen LogP contribution >= 0.6 is 11.3 Å². The minimum atomic E-state index is 0.0257. The topological polar surface area (TPSA) is 32.3 Å². The molecular formula is C17H26N2OS. The summed E-state index contributed by atoms with van der Waals surface area (Å²) in [7, 11) is 0. The van der Waals surface area contributed by atoms with Gasteiger partial charge < -0.3 is 4.90 Å². The van der Waals surface area contributed by atoms with E-state index in [9.17, 15) is 4.79 Å². The standard InChI is InChI=1S/C17H26N2OS/c1-3-5-7-14-17(20)19(15-10-12(15)6-4-2)16(18-14)13-8-9-21-11-13/h8-9,11-12,14-16,18H,3-7,10H2,1-2H3. The van der Waals surface area contributed by atoms with E-state index in [1.807, 2.05) is 0 Å². The number of carbonyl (C=O) groups excluding carboxylic acids is 1. The van der Waals surface area contributed by atoms with Gasteiger partial charge in [0.2, 0.25) is 5.91 Å². The van der Waals surface area contributed by atoms with Crippen molar-refractivity contribution < 1.29 is 4.79 Å². The van der Waals surface area contributed by atoms with Gasteiger partial charge in [-0.05, 0) is 47.6 Å². The molecule has 21 heavy (non-hydrogen) atoms. The van der Waals surface area contributed by atoms with Gasteiger partial charge in [-0.2, -0.15) is 11.3 Å². The van der Waals surface area contributed by atoms with Crippen LogP contribution in [0.5, 0.6) is 0 Å². The maximum absolute atomic E-state index is 12.8. The summed E-state index contributed by atoms with van der Waals surface area (Å²) in [6.45, 7) is 4.42. The Morgan fingerprint density at radius 3 is 2.86 bits per heavy atom. The second-order valence-electron chi connectivity index (χ2n) is 6.42. The van der Waals surface area contributed by atoms with Crippen molar-refractivity contribution in [3.05, 3.63) is 22.4 Å². The van der Waals surface area contributed by atoms with Crippen molar-refractivity contribution in [2.45, 2.75) is 70.6 Å². The molecular weight excluding hydrogens is 280 g/mol. The minimum absolute atomic E-state index is 0.0257. The minimum Gasteiger partial charge on any atom is -0.318 e. The van der Waals surface area contributed by atoms with Gasteiger partial charge >= 0.3 is 0 Å². The summed E-state index contributed by atoms with van der Waals surface area (Å²) in [6.07, 6.45) is 7.02. The van der Waals surface area contributed by atoms with Gasteiger partial charge in [0.15, 0.2) is 0 Å². The molecule has 1 saturated carbocycles. The molecule has 0 bridgehead atoms. The van der Waals surface area contributed by atoms with Crippen LogP contribution in [0, 0.1) is 5.92 Å². The van der Waals surface area contributed by atoms with Gasteiger partial charge in [-0.15, -0.1) is 0 Å². The molecule has 1 aromatic rings. The maximum Gasteiger partial charge on any atom is 0.241 e. The van der Waals surface area contributed by atoms with E-state index in [1.165, 1.54) is 24.8 Å². The van der Waals surface area contributed by atoms with E-state index in [2.05, 4.69) is 40.9 Å². The molecule has 3 rings (SSSR count). The number of nitrogens with one attached hydrogen (secondary N) is 1. The van der Waals surface area contributed by atoms with E-state index in [0.29, 0.717) is 11.9 Å². The van der Waals surface area contributed by atoms with Gasteiger partial charge in [0.25, 0.3) is 0 Å². The zero-order valence-electron chi connectivity index (χ0n) is 13.0. The summed E-state index contributed by atoms with van der Waals surface area (Å²) in [4.78, 5) is 15.0. The fraction of sp³-hybridized carbons (Fsp3) is 0.706. The second-order valence-corrected chi connectivity index (χ2v) is 7.20. The zero-order valence-corrected chi connectivity index (χ0v) is 13.9. The molecule has 1 N–H and O–H groups in total. The molecule has 1 saturated heterocycles. The highest BCUT2D eigenvalue weighted by molar-refractivity contribution is 7.07. The molecule has 2 fully saturated rings. The fourth-order valence-corrected chi connectivity index (χ4v) is 4.24. The molecule has 1 aliphatic carbocycles. The Morgan fingerprint density at radius 1 is 1.33 bits per heavy atom. The summed E-state index contributed by atoms with van der Waals surface area (Å²) >= 11 is 1.71. The molecule has 4 heteroatoms. The molecule has 1 amide bonds. The molecule has 0 radical (unpaired) electrons. The van der Waals surface area contributed by atoms with E-state index in [4.69, 9.17) is 0 Å². The normalized spacial score (nSPS) is 31.9. The van der Waals surface area contributed by atoms with E-state index < -0.39 is 0 Å². The van der Waals surface area contributed by atoms with Gasteiger partial charge in [0, 0.05) is 6.04 Å². The smallest absolute Gasteiger partial charge is 0.241 e. The van der Waals surface area contributed by atoms with Crippen molar-refractivity contribution in [2.24, 2.45) is 5.92 Å². The van der Waals surface area contributed by atoms with Gasteiger partial charge in [-0.1, -0.05) is 33.1 Å². The summed E-state index contributed by atoms with van der Waals surface area (Å²) in [6, 6.07) is 2.65. The summed E-state index contributed by atoms with van der Waals surface area (Å²) in [5.74, 6) is 1.06. The largest absolute Gasteiger partial charge is 0.318 e. The lowest BCUT2D eigenvalue weighted by atomic mass is 10.1. The highest BCUT2D eigenvalue weighted by atomic mass is 32.1. The second kappa shape index (κ2) is 6.49. The first-order valence-electron chi connectivity index (χ1n) is 8.36. The van der Waals surface area contributed by atoms with Gasteiger partial charge in [0.05, 0.1) is 6.04 Å². The monoisotopic (exact) mass is 306 g/mol. The average molecular weight is 306 g/mol. The quantitative estimate of drug-likeness (QED) is 0.828. The molecule has 0 aromatic carbocycles. The lowest BCUT2D eigenvalue weighted by Crippen LogP contribution is -2.34. The predicted molar refractivity (Wildman–Crippen MR) is 87.2 cm³/mol. The van der Waals surface area contributed by atoms with Gasteiger partial charge in [-0.25, -0.2) is 0 Å². The van der Waals surface area contributed by atoms with Crippen molar-refractivity contribution in [1.82, 2.24) is 10.2 Å². The van der Waals surface area contributed by atoms with Gasteiger partial charge in [-0.3, -0.25) is 10.1 Å². The van der Waals surface area contributed by atoms with Crippen molar-refractivity contribution in [3.63, 3.8) is 0 Å². The van der Waals surface area contributed by atoms with Crippen molar-refractivity contribution in [1.29, 1.82) is 0 Å². The third kappa shape index (κ3) is 3.02. The van der Waals surface area contributed by atoms with Crippen molar-refractivity contribution in [2.75, 3.05) is 0 Å². The number of nitrogens with zero attached hydrogens (tertiary/aromatic N) is 1. The van der Waals surface area contributed by atoms with Crippen molar-refractivity contribution in [3.8, 4) is 0 Å². The van der Waals surface area contributed by atoms with Crippen LogP contribution in [0.4, 0.5) is 0 Å². The van der Waals surface area contributed by atoms with Crippen LogP contribution < -0.4 is 5.32 Å². The third-order valence-corrected chi connectivity index (χ3v) is 5.50. The maximum atomic E-state index is 12.8. The number of thiophene rings is 1. The highest BCUT2D eigenvalue weighted by Crippen LogP contribution is 2.45. The van der Waals surface area contributed by atoms with Crippen LogP contribution in [-0.2, 0) is 4.79 Å². The number of amides is 1. The molecule has 1 aliphatic heterocycles. The van der Waals surface area contributed by atoms with Crippen LogP contribution in [0.2, 0.25) is 0 Å². The van der Waals surface area contributed by atoms with Crippen LogP contribution in [0.25, 0.3) is 0 Å².